The normalized spacial score (nSPS) is 13.8. The molecular weight excluding hydrogens is 287 g/mol. The highest BCUT2D eigenvalue weighted by Gasteiger charge is 2.19. The molecule has 110 valence electrons. The molecule has 4 heteroatoms. The van der Waals surface area contributed by atoms with Crippen molar-refractivity contribution in [1.29, 1.82) is 0 Å². The lowest BCUT2D eigenvalue weighted by Crippen LogP contribution is -2.04. The van der Waals surface area contributed by atoms with E-state index in [9.17, 15) is 9.18 Å². The molecular formula is C17H17FO2S. The third-order valence-corrected chi connectivity index (χ3v) is 5.16. The van der Waals surface area contributed by atoms with Gasteiger partial charge in [-0.2, -0.15) is 0 Å². The zero-order valence-corrected chi connectivity index (χ0v) is 12.8. The SMILES string of the molecule is COc1cccc(CC(=O)c2cc3c(s2)CCCC3)c1F. The van der Waals surface area contributed by atoms with Gasteiger partial charge in [-0.3, -0.25) is 4.79 Å². The second kappa shape index (κ2) is 5.98. The Labute approximate surface area is 127 Å². The van der Waals surface area contributed by atoms with E-state index in [1.165, 1.54) is 30.4 Å². The summed E-state index contributed by atoms with van der Waals surface area (Å²) in [5.41, 5.74) is 1.70. The molecule has 0 bridgehead atoms. The van der Waals surface area contributed by atoms with Crippen LogP contribution in [-0.2, 0) is 19.3 Å². The monoisotopic (exact) mass is 304 g/mol. The highest BCUT2D eigenvalue weighted by Crippen LogP contribution is 2.31. The number of carbonyl (C=O) groups is 1. The topological polar surface area (TPSA) is 26.3 Å². The Morgan fingerprint density at radius 2 is 2.14 bits per heavy atom. The number of ether oxygens (including phenoxy) is 1. The standard InChI is InChI=1S/C17H17FO2S/c1-20-14-7-4-6-12(17(14)18)9-13(19)16-10-11-5-2-3-8-15(11)21-16/h4,6-7,10H,2-3,5,8-9H2,1H3. The van der Waals surface area contributed by atoms with Crippen LogP contribution in [0.5, 0.6) is 5.75 Å². The van der Waals surface area contributed by atoms with Crippen molar-refractivity contribution in [3.63, 3.8) is 0 Å². The Balaban J connectivity index is 1.82. The van der Waals surface area contributed by atoms with Gasteiger partial charge >= 0.3 is 0 Å². The number of hydrogen-bond donors (Lipinski definition) is 0. The second-order valence-corrected chi connectivity index (χ2v) is 6.44. The van der Waals surface area contributed by atoms with Crippen LogP contribution in [0.25, 0.3) is 0 Å². The molecule has 2 nitrogen and oxygen atoms in total. The zero-order valence-electron chi connectivity index (χ0n) is 11.9. The lowest BCUT2D eigenvalue weighted by molar-refractivity contribution is 0.0995. The summed E-state index contributed by atoms with van der Waals surface area (Å²) in [5, 5.41) is 0. The Kier molecular flexibility index (Phi) is 4.06. The molecule has 0 N–H and O–H groups in total. The Hall–Kier alpha value is -1.68. The molecule has 0 atom stereocenters. The maximum atomic E-state index is 14.1. The summed E-state index contributed by atoms with van der Waals surface area (Å²) >= 11 is 1.58. The average molecular weight is 304 g/mol. The Morgan fingerprint density at radius 1 is 1.33 bits per heavy atom. The number of Topliss-reactive ketones (excluding diaryl/α,β-unsaturated/α-hetero) is 1. The minimum atomic E-state index is -0.435. The number of methoxy groups -OCH3 is 1. The number of benzene rings is 1. The molecule has 3 rings (SSSR count). The molecule has 0 saturated carbocycles. The van der Waals surface area contributed by atoms with E-state index >= 15 is 0 Å². The van der Waals surface area contributed by atoms with Gasteiger partial charge in [0, 0.05) is 11.3 Å². The lowest BCUT2D eigenvalue weighted by atomic mass is 9.98. The molecule has 0 unspecified atom stereocenters. The van der Waals surface area contributed by atoms with Crippen LogP contribution in [-0.4, -0.2) is 12.9 Å². The fraction of sp³-hybridized carbons (Fsp3) is 0.353. The van der Waals surface area contributed by atoms with Gasteiger partial charge in [-0.25, -0.2) is 4.39 Å². The van der Waals surface area contributed by atoms with Gasteiger partial charge in [-0.15, -0.1) is 11.3 Å². The van der Waals surface area contributed by atoms with Crippen LogP contribution in [0.15, 0.2) is 24.3 Å². The summed E-state index contributed by atoms with van der Waals surface area (Å²) < 4.78 is 19.1. The first kappa shape index (κ1) is 14.3. The molecule has 1 aliphatic carbocycles. The van der Waals surface area contributed by atoms with Gasteiger partial charge in [-0.1, -0.05) is 12.1 Å². The van der Waals surface area contributed by atoms with Crippen LogP contribution < -0.4 is 4.74 Å². The van der Waals surface area contributed by atoms with Crippen molar-refractivity contribution in [2.75, 3.05) is 7.11 Å². The number of fused-ring (bicyclic) bond motifs is 1. The molecule has 1 heterocycles. The Morgan fingerprint density at radius 3 is 2.90 bits per heavy atom. The number of rotatable bonds is 4. The van der Waals surface area contributed by atoms with Crippen LogP contribution in [0.3, 0.4) is 0 Å². The van der Waals surface area contributed by atoms with Crippen molar-refractivity contribution in [2.24, 2.45) is 0 Å². The van der Waals surface area contributed by atoms with E-state index in [0.717, 1.165) is 17.7 Å². The molecule has 21 heavy (non-hydrogen) atoms. The second-order valence-electron chi connectivity index (χ2n) is 5.30. The van der Waals surface area contributed by atoms with Gasteiger partial charge in [0.25, 0.3) is 0 Å². The van der Waals surface area contributed by atoms with Crippen molar-refractivity contribution >= 4 is 17.1 Å². The Bertz CT molecular complexity index is 652. The lowest BCUT2D eigenvalue weighted by Gasteiger charge is -2.08. The molecule has 0 saturated heterocycles. The van der Waals surface area contributed by atoms with Crippen LogP contribution in [0.1, 0.15) is 38.5 Å². The van der Waals surface area contributed by atoms with E-state index in [0.29, 0.717) is 5.56 Å². The van der Waals surface area contributed by atoms with Crippen LogP contribution >= 0.6 is 11.3 Å². The summed E-state index contributed by atoms with van der Waals surface area (Å²) in [6.07, 6.45) is 4.61. The van der Waals surface area contributed by atoms with Crippen molar-refractivity contribution in [3.8, 4) is 5.75 Å². The molecule has 1 aromatic heterocycles. The first-order valence-electron chi connectivity index (χ1n) is 7.15. The number of aryl methyl sites for hydroxylation is 2. The van der Waals surface area contributed by atoms with Gasteiger partial charge in [0.1, 0.15) is 0 Å². The van der Waals surface area contributed by atoms with Gasteiger partial charge in [0.05, 0.1) is 12.0 Å². The van der Waals surface area contributed by atoms with Gasteiger partial charge < -0.3 is 4.74 Å². The predicted molar refractivity (Wildman–Crippen MR) is 81.9 cm³/mol. The van der Waals surface area contributed by atoms with Gasteiger partial charge in [0.15, 0.2) is 17.3 Å². The van der Waals surface area contributed by atoms with E-state index in [-0.39, 0.29) is 18.0 Å². The predicted octanol–water partition coefficient (Wildman–Crippen LogP) is 4.20. The van der Waals surface area contributed by atoms with Crippen LogP contribution in [0.2, 0.25) is 0 Å². The number of ketones is 1. The molecule has 1 aliphatic rings. The van der Waals surface area contributed by atoms with E-state index in [2.05, 4.69) is 0 Å². The smallest absolute Gasteiger partial charge is 0.177 e. The largest absolute Gasteiger partial charge is 0.494 e. The summed E-state index contributed by atoms with van der Waals surface area (Å²) in [6.45, 7) is 0. The molecule has 0 radical (unpaired) electrons. The summed E-state index contributed by atoms with van der Waals surface area (Å²) in [7, 11) is 1.43. The summed E-state index contributed by atoms with van der Waals surface area (Å²) in [4.78, 5) is 14.5. The molecule has 0 aliphatic heterocycles. The maximum absolute atomic E-state index is 14.1. The van der Waals surface area contributed by atoms with Crippen molar-refractivity contribution in [1.82, 2.24) is 0 Å². The molecule has 1 aromatic carbocycles. The number of thiophene rings is 1. The first-order valence-corrected chi connectivity index (χ1v) is 7.97. The number of halogens is 1. The fourth-order valence-corrected chi connectivity index (χ4v) is 3.93. The molecule has 0 amide bonds. The highest BCUT2D eigenvalue weighted by atomic mass is 32.1. The fourth-order valence-electron chi connectivity index (χ4n) is 2.74. The van der Waals surface area contributed by atoms with E-state index < -0.39 is 5.82 Å². The van der Waals surface area contributed by atoms with Crippen LogP contribution in [0, 0.1) is 5.82 Å². The first-order chi connectivity index (χ1) is 10.2. The van der Waals surface area contributed by atoms with Crippen molar-refractivity contribution in [3.05, 3.63) is 51.0 Å². The highest BCUT2D eigenvalue weighted by molar-refractivity contribution is 7.14. The average Bonchev–Trinajstić information content (AvgIpc) is 2.93. The van der Waals surface area contributed by atoms with E-state index in [1.807, 2.05) is 6.07 Å². The maximum Gasteiger partial charge on any atom is 0.177 e. The van der Waals surface area contributed by atoms with E-state index in [4.69, 9.17) is 4.74 Å². The third-order valence-electron chi connectivity index (χ3n) is 3.89. The minimum Gasteiger partial charge on any atom is -0.494 e. The van der Waals surface area contributed by atoms with E-state index in [1.54, 1.807) is 29.5 Å². The number of hydrogen-bond acceptors (Lipinski definition) is 3. The number of carbonyl (C=O) groups excluding carboxylic acids is 1. The minimum absolute atomic E-state index is 0.0125. The zero-order chi connectivity index (χ0) is 14.8. The summed E-state index contributed by atoms with van der Waals surface area (Å²) in [5.74, 6) is -0.262. The molecule has 0 spiro atoms. The van der Waals surface area contributed by atoms with Crippen LogP contribution in [0.4, 0.5) is 4.39 Å². The molecule has 2 aromatic rings. The third kappa shape index (κ3) is 2.86. The van der Waals surface area contributed by atoms with Gasteiger partial charge in [0.2, 0.25) is 0 Å². The van der Waals surface area contributed by atoms with Crippen molar-refractivity contribution < 1.29 is 13.9 Å². The van der Waals surface area contributed by atoms with Crippen molar-refractivity contribution in [2.45, 2.75) is 32.1 Å². The summed E-state index contributed by atoms with van der Waals surface area (Å²) in [6, 6.07) is 6.92. The molecule has 0 fully saturated rings. The van der Waals surface area contributed by atoms with Gasteiger partial charge in [-0.05, 0) is 48.9 Å². The quantitative estimate of drug-likeness (QED) is 0.791.